The second-order valence-corrected chi connectivity index (χ2v) is 3.03. The molecule has 2 aromatic rings. The number of pyridine rings is 1. The van der Waals surface area contributed by atoms with Crippen molar-refractivity contribution in [2.45, 2.75) is 0 Å². The van der Waals surface area contributed by atoms with Gasteiger partial charge in [-0.15, -0.1) is 0 Å². The van der Waals surface area contributed by atoms with Gasteiger partial charge in [0.15, 0.2) is 0 Å². The lowest BCUT2D eigenvalue weighted by Crippen LogP contribution is -1.95. The van der Waals surface area contributed by atoms with Gasteiger partial charge in [0, 0.05) is 18.0 Å². The molecule has 0 aliphatic carbocycles. The number of nitrogens with one attached hydrogen (secondary N) is 2. The van der Waals surface area contributed by atoms with Crippen molar-refractivity contribution in [3.8, 4) is 0 Å². The third-order valence-corrected chi connectivity index (χ3v) is 1.94. The molecule has 0 aliphatic rings. The average molecular weight is 201 g/mol. The number of anilines is 3. The Hall–Kier alpha value is -2.07. The molecule has 4 nitrogen and oxygen atoms in total. The third kappa shape index (κ3) is 2.45. The molecule has 15 heavy (non-hydrogen) atoms. The smallest absolute Gasteiger partial charge is 0.132 e. The molecule has 1 aromatic carbocycles. The Labute approximate surface area is 87.6 Å². The first-order valence-corrected chi connectivity index (χ1v) is 4.57. The van der Waals surface area contributed by atoms with Gasteiger partial charge in [-0.2, -0.15) is 0 Å². The molecule has 1 heterocycles. The number of nitrogens with zero attached hydrogens (tertiary/aromatic N) is 1. The van der Waals surface area contributed by atoms with Crippen molar-refractivity contribution >= 4 is 17.2 Å². The topological polar surface area (TPSA) is 57.2 Å². The zero-order chi connectivity index (χ0) is 10.5. The molecule has 0 saturated carbocycles. The minimum atomic E-state index is 0.600. The molecule has 0 radical (unpaired) electrons. The molecule has 3 N–H and O–H groups in total. The monoisotopic (exact) mass is 201 g/mol. The van der Waals surface area contributed by atoms with Crippen molar-refractivity contribution in [1.82, 2.24) is 4.98 Å². The summed E-state index contributed by atoms with van der Waals surface area (Å²) < 4.78 is 0. The molecule has 4 heteroatoms. The lowest BCUT2D eigenvalue weighted by molar-refractivity contribution is 0.389. The van der Waals surface area contributed by atoms with E-state index in [4.69, 9.17) is 5.21 Å². The van der Waals surface area contributed by atoms with Gasteiger partial charge in [-0.1, -0.05) is 18.2 Å². The molecule has 0 amide bonds. The minimum Gasteiger partial charge on any atom is -0.340 e. The van der Waals surface area contributed by atoms with E-state index in [2.05, 4.69) is 15.8 Å². The van der Waals surface area contributed by atoms with Gasteiger partial charge in [0.1, 0.15) is 5.82 Å². The number of benzene rings is 1. The van der Waals surface area contributed by atoms with Crippen LogP contribution in [0.1, 0.15) is 0 Å². The predicted molar refractivity (Wildman–Crippen MR) is 59.4 cm³/mol. The fourth-order valence-electron chi connectivity index (χ4n) is 1.24. The van der Waals surface area contributed by atoms with Crippen LogP contribution < -0.4 is 10.8 Å². The summed E-state index contributed by atoms with van der Waals surface area (Å²) in [4.78, 5) is 4.12. The first-order chi connectivity index (χ1) is 7.38. The van der Waals surface area contributed by atoms with Gasteiger partial charge in [0.2, 0.25) is 0 Å². The van der Waals surface area contributed by atoms with E-state index in [-0.39, 0.29) is 0 Å². The lowest BCUT2D eigenvalue weighted by Gasteiger charge is -2.06. The van der Waals surface area contributed by atoms with Crippen LogP contribution >= 0.6 is 0 Å². The second kappa shape index (κ2) is 4.43. The summed E-state index contributed by atoms with van der Waals surface area (Å²) in [6, 6.07) is 13.1. The Balaban J connectivity index is 2.17. The molecule has 76 valence electrons. The molecule has 0 unspecified atom stereocenters. The van der Waals surface area contributed by atoms with Crippen molar-refractivity contribution < 1.29 is 5.21 Å². The Morgan fingerprint density at radius 3 is 2.53 bits per heavy atom. The van der Waals surface area contributed by atoms with Crippen LogP contribution in [0.3, 0.4) is 0 Å². The highest BCUT2D eigenvalue weighted by atomic mass is 16.5. The zero-order valence-electron chi connectivity index (χ0n) is 8.01. The quantitative estimate of drug-likeness (QED) is 0.668. The van der Waals surface area contributed by atoms with Crippen molar-refractivity contribution in [3.05, 3.63) is 48.7 Å². The first kappa shape index (κ1) is 9.48. The average Bonchev–Trinajstić information content (AvgIpc) is 2.31. The van der Waals surface area contributed by atoms with Crippen LogP contribution in [0.4, 0.5) is 17.2 Å². The van der Waals surface area contributed by atoms with Crippen molar-refractivity contribution in [2.24, 2.45) is 0 Å². The lowest BCUT2D eigenvalue weighted by atomic mass is 10.3. The van der Waals surface area contributed by atoms with Crippen LogP contribution in [0.15, 0.2) is 48.7 Å². The third-order valence-electron chi connectivity index (χ3n) is 1.94. The van der Waals surface area contributed by atoms with E-state index in [1.165, 1.54) is 0 Å². The van der Waals surface area contributed by atoms with E-state index in [0.717, 1.165) is 5.69 Å². The Kier molecular flexibility index (Phi) is 2.80. The van der Waals surface area contributed by atoms with Crippen molar-refractivity contribution in [3.63, 3.8) is 0 Å². The van der Waals surface area contributed by atoms with E-state index in [1.807, 2.05) is 30.3 Å². The fraction of sp³-hybridized carbons (Fsp3) is 0. The molecule has 0 saturated heterocycles. The maximum Gasteiger partial charge on any atom is 0.132 e. The zero-order valence-corrected chi connectivity index (χ0v) is 8.01. The Morgan fingerprint density at radius 2 is 1.80 bits per heavy atom. The highest BCUT2D eigenvalue weighted by molar-refractivity contribution is 5.59. The standard InChI is InChI=1S/C11H11N3O/c15-14-10-6-7-12-11(8-10)13-9-4-2-1-3-5-9/h1-8,15H,(H2,12,13,14). The van der Waals surface area contributed by atoms with E-state index >= 15 is 0 Å². The maximum atomic E-state index is 8.72. The highest BCUT2D eigenvalue weighted by Gasteiger charge is 1.96. The van der Waals surface area contributed by atoms with E-state index in [1.54, 1.807) is 18.3 Å². The van der Waals surface area contributed by atoms with Gasteiger partial charge in [0.05, 0.1) is 5.69 Å². The summed E-state index contributed by atoms with van der Waals surface area (Å²) in [5.74, 6) is 0.681. The van der Waals surface area contributed by atoms with E-state index < -0.39 is 0 Å². The summed E-state index contributed by atoms with van der Waals surface area (Å²) in [6.45, 7) is 0. The van der Waals surface area contributed by atoms with Gasteiger partial charge in [0.25, 0.3) is 0 Å². The molecule has 2 rings (SSSR count). The molecular weight excluding hydrogens is 190 g/mol. The van der Waals surface area contributed by atoms with Gasteiger partial charge in [-0.05, 0) is 18.2 Å². The summed E-state index contributed by atoms with van der Waals surface area (Å²) in [5, 5.41) is 11.8. The number of hydrogen-bond donors (Lipinski definition) is 3. The Morgan fingerprint density at radius 1 is 1.00 bits per heavy atom. The molecule has 0 aliphatic heterocycles. The van der Waals surface area contributed by atoms with Gasteiger partial charge >= 0.3 is 0 Å². The second-order valence-electron chi connectivity index (χ2n) is 3.03. The number of aromatic nitrogens is 1. The van der Waals surface area contributed by atoms with Crippen LogP contribution in [0, 0.1) is 0 Å². The Bertz CT molecular complexity index is 431. The van der Waals surface area contributed by atoms with Crippen LogP contribution in [0.25, 0.3) is 0 Å². The molecule has 1 aromatic heterocycles. The van der Waals surface area contributed by atoms with E-state index in [9.17, 15) is 0 Å². The largest absolute Gasteiger partial charge is 0.340 e. The van der Waals surface area contributed by atoms with Gasteiger partial charge < -0.3 is 5.32 Å². The van der Waals surface area contributed by atoms with Crippen LogP contribution in [0.5, 0.6) is 0 Å². The van der Waals surface area contributed by atoms with Crippen LogP contribution in [0.2, 0.25) is 0 Å². The maximum absolute atomic E-state index is 8.72. The van der Waals surface area contributed by atoms with Crippen LogP contribution in [-0.4, -0.2) is 10.2 Å². The molecule has 0 bridgehead atoms. The summed E-state index contributed by atoms with van der Waals surface area (Å²) in [6.07, 6.45) is 1.61. The summed E-state index contributed by atoms with van der Waals surface area (Å²) in [5.41, 5.74) is 3.63. The number of para-hydroxylation sites is 1. The minimum absolute atomic E-state index is 0.600. The van der Waals surface area contributed by atoms with Gasteiger partial charge in [-0.25, -0.2) is 4.98 Å². The van der Waals surface area contributed by atoms with Gasteiger partial charge in [-0.3, -0.25) is 10.7 Å². The highest BCUT2D eigenvalue weighted by Crippen LogP contribution is 2.16. The molecule has 0 fully saturated rings. The predicted octanol–water partition coefficient (Wildman–Crippen LogP) is 2.63. The fourth-order valence-corrected chi connectivity index (χ4v) is 1.24. The first-order valence-electron chi connectivity index (χ1n) is 4.57. The number of rotatable bonds is 3. The van der Waals surface area contributed by atoms with Crippen molar-refractivity contribution in [2.75, 3.05) is 10.8 Å². The van der Waals surface area contributed by atoms with Crippen molar-refractivity contribution in [1.29, 1.82) is 0 Å². The van der Waals surface area contributed by atoms with Crippen LogP contribution in [-0.2, 0) is 0 Å². The molecule has 0 spiro atoms. The summed E-state index contributed by atoms with van der Waals surface area (Å²) >= 11 is 0. The molecule has 0 atom stereocenters. The SMILES string of the molecule is ONc1ccnc(Nc2ccccc2)c1. The van der Waals surface area contributed by atoms with E-state index in [0.29, 0.717) is 11.5 Å². The number of hydrogen-bond acceptors (Lipinski definition) is 4. The molecular formula is C11H11N3O. The summed E-state index contributed by atoms with van der Waals surface area (Å²) in [7, 11) is 0. The normalized spacial score (nSPS) is 9.67.